The third-order valence-electron chi connectivity index (χ3n) is 5.96. The fraction of sp³-hybridized carbons (Fsp3) is 0.231. The molecule has 0 spiro atoms. The van der Waals surface area contributed by atoms with E-state index in [2.05, 4.69) is 10.5 Å². The summed E-state index contributed by atoms with van der Waals surface area (Å²) < 4.78 is 10.8. The molecule has 0 aliphatic heterocycles. The van der Waals surface area contributed by atoms with Crippen LogP contribution in [0.4, 0.5) is 5.69 Å². The molecule has 4 rings (SSSR count). The number of rotatable bonds is 5. The van der Waals surface area contributed by atoms with Crippen molar-refractivity contribution >= 4 is 52.4 Å². The Labute approximate surface area is 217 Å². The first kappa shape index (κ1) is 25.5. The Morgan fingerprint density at radius 2 is 1.83 bits per heavy atom. The predicted octanol–water partition coefficient (Wildman–Crippen LogP) is 5.43. The molecule has 0 bridgehead atoms. The second kappa shape index (κ2) is 10.6. The van der Waals surface area contributed by atoms with Gasteiger partial charge in [0.15, 0.2) is 5.76 Å². The number of methoxy groups -OCH3 is 1. The van der Waals surface area contributed by atoms with Crippen molar-refractivity contribution in [2.24, 2.45) is 5.10 Å². The number of halogens is 2. The molecular weight excluding hydrogens is 505 g/mol. The second-order valence-corrected chi connectivity index (χ2v) is 9.05. The molecule has 2 amide bonds. The van der Waals surface area contributed by atoms with Crippen LogP contribution in [0.2, 0.25) is 10.0 Å². The van der Waals surface area contributed by atoms with Crippen molar-refractivity contribution in [2.75, 3.05) is 19.1 Å². The zero-order chi connectivity index (χ0) is 26.0. The summed E-state index contributed by atoms with van der Waals surface area (Å²) in [5, 5.41) is 4.97. The van der Waals surface area contributed by atoms with E-state index in [1.807, 2.05) is 0 Å². The standard InChI is InChI=1S/C26H23Cl2N3O5/c1-14-22-19(29-30-24(32)16-12-11-15(27)13-18(16)28)8-6-10-21(22)36-23(14)25(33)31(2)20-9-5-4-7-17(20)26(34)35-3/h4-5,7,9,11-13H,6,8,10H2,1-3H3,(H,30,32)/b29-19+. The van der Waals surface area contributed by atoms with Crippen LogP contribution in [0.1, 0.15) is 61.0 Å². The van der Waals surface area contributed by atoms with Crippen molar-refractivity contribution < 1.29 is 23.5 Å². The average molecular weight is 528 g/mol. The molecule has 1 N–H and O–H groups in total. The number of hydrazone groups is 1. The summed E-state index contributed by atoms with van der Waals surface area (Å²) >= 11 is 12.0. The molecule has 1 heterocycles. The van der Waals surface area contributed by atoms with E-state index in [1.165, 1.54) is 24.1 Å². The number of anilines is 1. The van der Waals surface area contributed by atoms with E-state index in [-0.39, 0.29) is 21.9 Å². The van der Waals surface area contributed by atoms with E-state index in [9.17, 15) is 14.4 Å². The first-order valence-corrected chi connectivity index (χ1v) is 11.9. The molecule has 0 radical (unpaired) electrons. The van der Waals surface area contributed by atoms with Crippen LogP contribution in [-0.4, -0.2) is 37.7 Å². The molecule has 0 atom stereocenters. The fourth-order valence-corrected chi connectivity index (χ4v) is 4.64. The highest BCUT2D eigenvalue weighted by Gasteiger charge is 2.31. The summed E-state index contributed by atoms with van der Waals surface area (Å²) in [5.74, 6) is -0.688. The first-order valence-electron chi connectivity index (χ1n) is 11.1. The number of hydrogen-bond donors (Lipinski definition) is 1. The number of amides is 2. The molecule has 2 aromatic carbocycles. The van der Waals surface area contributed by atoms with E-state index in [4.69, 9.17) is 32.4 Å². The smallest absolute Gasteiger partial charge is 0.339 e. The minimum Gasteiger partial charge on any atom is -0.465 e. The number of nitrogens with one attached hydrogen (secondary N) is 1. The van der Waals surface area contributed by atoms with Gasteiger partial charge in [0.05, 0.1) is 34.7 Å². The van der Waals surface area contributed by atoms with Crippen molar-refractivity contribution in [2.45, 2.75) is 26.2 Å². The number of ether oxygens (including phenoxy) is 1. The van der Waals surface area contributed by atoms with Crippen molar-refractivity contribution in [3.8, 4) is 0 Å². The number of nitrogens with zero attached hydrogens (tertiary/aromatic N) is 2. The van der Waals surface area contributed by atoms with E-state index in [0.717, 1.165) is 6.42 Å². The number of furan rings is 1. The summed E-state index contributed by atoms with van der Waals surface area (Å²) in [5.41, 5.74) is 5.35. The van der Waals surface area contributed by atoms with Crippen LogP contribution >= 0.6 is 23.2 Å². The Balaban J connectivity index is 1.63. The summed E-state index contributed by atoms with van der Waals surface area (Å²) in [6.45, 7) is 1.77. The Morgan fingerprint density at radius 3 is 2.56 bits per heavy atom. The number of aryl methyl sites for hydroxylation is 1. The van der Waals surface area contributed by atoms with Crippen molar-refractivity contribution in [3.63, 3.8) is 0 Å². The molecule has 10 heteroatoms. The SMILES string of the molecule is COC(=O)c1ccccc1N(C)C(=O)c1oc2c(c1C)/C(=N/NC(=O)c1ccc(Cl)cc1Cl)CCC2. The van der Waals surface area contributed by atoms with E-state index in [1.54, 1.807) is 44.3 Å². The summed E-state index contributed by atoms with van der Waals surface area (Å²) in [7, 11) is 2.85. The Bertz CT molecular complexity index is 1400. The minimum absolute atomic E-state index is 0.142. The van der Waals surface area contributed by atoms with Crippen molar-refractivity contribution in [1.82, 2.24) is 5.43 Å². The van der Waals surface area contributed by atoms with Gasteiger partial charge < -0.3 is 14.1 Å². The van der Waals surface area contributed by atoms with Crippen LogP contribution in [0.25, 0.3) is 0 Å². The van der Waals surface area contributed by atoms with Crippen LogP contribution in [0, 0.1) is 6.92 Å². The second-order valence-electron chi connectivity index (χ2n) is 8.20. The van der Waals surface area contributed by atoms with Crippen LogP contribution in [-0.2, 0) is 11.2 Å². The van der Waals surface area contributed by atoms with Crippen molar-refractivity contribution in [3.05, 3.63) is 86.3 Å². The van der Waals surface area contributed by atoms with Gasteiger partial charge in [0.2, 0.25) is 0 Å². The molecule has 8 nitrogen and oxygen atoms in total. The fourth-order valence-electron chi connectivity index (χ4n) is 4.15. The molecule has 1 aromatic heterocycles. The van der Waals surface area contributed by atoms with Crippen molar-refractivity contribution in [1.29, 1.82) is 0 Å². The van der Waals surface area contributed by atoms with Gasteiger partial charge in [-0.05, 0) is 50.1 Å². The zero-order valence-corrected chi connectivity index (χ0v) is 21.4. The lowest BCUT2D eigenvalue weighted by Gasteiger charge is -2.19. The number of hydrogen-bond acceptors (Lipinski definition) is 6. The number of benzene rings is 2. The first-order chi connectivity index (χ1) is 17.2. The molecule has 0 fully saturated rings. The Morgan fingerprint density at radius 1 is 1.08 bits per heavy atom. The number of carbonyl (C=O) groups is 3. The lowest BCUT2D eigenvalue weighted by molar-refractivity contribution is 0.0601. The van der Waals surface area contributed by atoms with Gasteiger partial charge in [0.25, 0.3) is 11.8 Å². The third kappa shape index (κ3) is 4.87. The molecule has 36 heavy (non-hydrogen) atoms. The molecule has 1 aliphatic rings. The number of carbonyl (C=O) groups excluding carboxylic acids is 3. The van der Waals surface area contributed by atoms with Gasteiger partial charge in [-0.2, -0.15) is 5.10 Å². The van der Waals surface area contributed by atoms with E-state index < -0.39 is 17.8 Å². The lowest BCUT2D eigenvalue weighted by Crippen LogP contribution is -2.28. The van der Waals surface area contributed by atoms with Crippen LogP contribution in [0.15, 0.2) is 52.0 Å². The van der Waals surface area contributed by atoms with Gasteiger partial charge in [-0.1, -0.05) is 35.3 Å². The summed E-state index contributed by atoms with van der Waals surface area (Å²) in [6, 6.07) is 11.2. The molecule has 186 valence electrons. The van der Waals surface area contributed by atoms with Gasteiger partial charge in [0.1, 0.15) is 5.76 Å². The molecule has 3 aromatic rings. The maximum Gasteiger partial charge on any atom is 0.339 e. The van der Waals surface area contributed by atoms with Gasteiger partial charge in [0, 0.05) is 29.6 Å². The highest BCUT2D eigenvalue weighted by molar-refractivity contribution is 6.36. The molecule has 1 aliphatic carbocycles. The van der Waals surface area contributed by atoms with Crippen LogP contribution < -0.4 is 10.3 Å². The quantitative estimate of drug-likeness (QED) is 0.352. The highest BCUT2D eigenvalue weighted by Crippen LogP contribution is 2.32. The monoisotopic (exact) mass is 527 g/mol. The molecule has 0 saturated heterocycles. The molecule has 0 saturated carbocycles. The third-order valence-corrected chi connectivity index (χ3v) is 6.51. The number of fused-ring (bicyclic) bond motifs is 1. The van der Waals surface area contributed by atoms with Gasteiger partial charge in [-0.15, -0.1) is 0 Å². The van der Waals surface area contributed by atoms with E-state index >= 15 is 0 Å². The van der Waals surface area contributed by atoms with Gasteiger partial charge >= 0.3 is 5.97 Å². The minimum atomic E-state index is -0.549. The summed E-state index contributed by atoms with van der Waals surface area (Å²) in [6.07, 6.45) is 1.96. The topological polar surface area (TPSA) is 101 Å². The van der Waals surface area contributed by atoms with Gasteiger partial charge in [-0.25, -0.2) is 10.2 Å². The maximum absolute atomic E-state index is 13.4. The Hall–Kier alpha value is -3.62. The summed E-state index contributed by atoms with van der Waals surface area (Å²) in [4.78, 5) is 39.6. The maximum atomic E-state index is 13.4. The molecular formula is C26H23Cl2N3O5. The molecule has 0 unspecified atom stereocenters. The van der Waals surface area contributed by atoms with Gasteiger partial charge in [-0.3, -0.25) is 9.59 Å². The van der Waals surface area contributed by atoms with Crippen LogP contribution in [0.3, 0.4) is 0 Å². The number of para-hydroxylation sites is 1. The highest BCUT2D eigenvalue weighted by atomic mass is 35.5. The lowest BCUT2D eigenvalue weighted by atomic mass is 9.93. The zero-order valence-electron chi connectivity index (χ0n) is 19.9. The van der Waals surface area contributed by atoms with Crippen LogP contribution in [0.5, 0.6) is 0 Å². The van der Waals surface area contributed by atoms with E-state index in [0.29, 0.717) is 46.2 Å². The average Bonchev–Trinajstić information content (AvgIpc) is 3.22. The number of esters is 1. The Kier molecular flexibility index (Phi) is 7.47. The predicted molar refractivity (Wildman–Crippen MR) is 137 cm³/mol. The largest absolute Gasteiger partial charge is 0.465 e. The normalized spacial score (nSPS) is 13.8.